The molecule has 1 aromatic rings. The summed E-state index contributed by atoms with van der Waals surface area (Å²) in [6, 6.07) is 9.76. The zero-order valence-electron chi connectivity index (χ0n) is 12.0. The molecule has 0 aliphatic heterocycles. The summed E-state index contributed by atoms with van der Waals surface area (Å²) >= 11 is 0. The van der Waals surface area contributed by atoms with Gasteiger partial charge in [-0.1, -0.05) is 30.3 Å². The molecule has 0 atom stereocenters. The van der Waals surface area contributed by atoms with Gasteiger partial charge in [0.2, 0.25) is 6.41 Å². The highest BCUT2D eigenvalue weighted by Crippen LogP contribution is 2.26. The minimum atomic E-state index is 0.0358. The van der Waals surface area contributed by atoms with Crippen LogP contribution < -0.4 is 0 Å². The fraction of sp³-hybridized carbons (Fsp3) is 0.500. The Bertz CT molecular complexity index is 429. The van der Waals surface area contributed by atoms with Gasteiger partial charge >= 0.3 is 0 Å². The number of carbonyl (C=O) groups is 2. The zero-order chi connectivity index (χ0) is 14.9. The first-order valence-corrected chi connectivity index (χ1v) is 7.29. The molecule has 1 aliphatic carbocycles. The number of nitrogens with zero attached hydrogens (tertiary/aromatic N) is 1. The molecule has 1 amide bonds. The van der Waals surface area contributed by atoms with Gasteiger partial charge in [-0.15, -0.1) is 0 Å². The van der Waals surface area contributed by atoms with Gasteiger partial charge in [0.1, 0.15) is 12.7 Å². The van der Waals surface area contributed by atoms with Crippen molar-refractivity contribution < 1.29 is 19.2 Å². The minimum Gasteiger partial charge on any atom is -0.465 e. The van der Waals surface area contributed by atoms with E-state index in [1.165, 1.54) is 5.06 Å². The highest BCUT2D eigenvalue weighted by molar-refractivity contribution is 5.45. The molecule has 0 N–H and O–H groups in total. The van der Waals surface area contributed by atoms with Crippen LogP contribution in [-0.2, 0) is 25.8 Å². The van der Waals surface area contributed by atoms with E-state index in [1.54, 1.807) is 0 Å². The largest absolute Gasteiger partial charge is 0.465 e. The molecular weight excluding hydrogens is 270 g/mol. The number of amides is 1. The Morgan fingerprint density at radius 2 is 1.81 bits per heavy atom. The van der Waals surface area contributed by atoms with Gasteiger partial charge in [-0.25, -0.2) is 5.06 Å². The molecule has 1 saturated carbocycles. The summed E-state index contributed by atoms with van der Waals surface area (Å²) < 4.78 is 4.97. The third-order valence-electron chi connectivity index (χ3n) is 3.84. The van der Waals surface area contributed by atoms with Crippen LogP contribution in [0.25, 0.3) is 0 Å². The van der Waals surface area contributed by atoms with E-state index >= 15 is 0 Å². The van der Waals surface area contributed by atoms with E-state index < -0.39 is 0 Å². The maximum absolute atomic E-state index is 11.1. The number of carbonyl (C=O) groups excluding carboxylic acids is 2. The van der Waals surface area contributed by atoms with E-state index in [0.29, 0.717) is 25.5 Å². The normalized spacial score (nSPS) is 21.5. The topological polar surface area (TPSA) is 55.8 Å². The molecule has 0 spiro atoms. The lowest BCUT2D eigenvalue weighted by molar-refractivity contribution is -0.182. The Morgan fingerprint density at radius 3 is 2.43 bits per heavy atom. The molecule has 0 saturated heterocycles. The fourth-order valence-electron chi connectivity index (χ4n) is 2.64. The van der Waals surface area contributed by atoms with Crippen LogP contribution in [0, 0.1) is 5.92 Å². The van der Waals surface area contributed by atoms with Gasteiger partial charge in [0, 0.05) is 0 Å². The first kappa shape index (κ1) is 15.5. The average molecular weight is 291 g/mol. The van der Waals surface area contributed by atoms with Crippen molar-refractivity contribution in [2.75, 3.05) is 6.54 Å². The molecule has 21 heavy (non-hydrogen) atoms. The number of rotatable bonds is 8. The standard InChI is InChI=1S/C16H21NO4/c18-12-17(21-11-15-4-2-1-3-5-15)10-14-6-8-16(9-7-14)20-13-19/h1-5,12-14,16H,6-11H2. The molecule has 1 aliphatic rings. The van der Waals surface area contributed by atoms with E-state index in [-0.39, 0.29) is 6.10 Å². The highest BCUT2D eigenvalue weighted by atomic mass is 16.7. The van der Waals surface area contributed by atoms with Crippen LogP contribution in [-0.4, -0.2) is 30.6 Å². The van der Waals surface area contributed by atoms with Crippen LogP contribution in [0.3, 0.4) is 0 Å². The molecule has 0 heterocycles. The van der Waals surface area contributed by atoms with Crippen LogP contribution >= 0.6 is 0 Å². The molecule has 0 aromatic heterocycles. The van der Waals surface area contributed by atoms with Crippen LogP contribution in [0.15, 0.2) is 30.3 Å². The lowest BCUT2D eigenvalue weighted by Gasteiger charge is -2.29. The van der Waals surface area contributed by atoms with Gasteiger partial charge in [0.05, 0.1) is 6.54 Å². The number of benzene rings is 1. The molecular formula is C16H21NO4. The molecule has 0 unspecified atom stereocenters. The summed E-state index contributed by atoms with van der Waals surface area (Å²) in [7, 11) is 0. The Morgan fingerprint density at radius 1 is 1.10 bits per heavy atom. The summed E-state index contributed by atoms with van der Waals surface area (Å²) in [5, 5.41) is 1.37. The molecule has 2 rings (SSSR count). The summed E-state index contributed by atoms with van der Waals surface area (Å²) in [5.41, 5.74) is 1.03. The van der Waals surface area contributed by atoms with E-state index in [9.17, 15) is 9.59 Å². The smallest absolute Gasteiger partial charge is 0.293 e. The van der Waals surface area contributed by atoms with Gasteiger partial charge in [-0.3, -0.25) is 14.4 Å². The molecule has 5 nitrogen and oxygen atoms in total. The summed E-state index contributed by atoms with van der Waals surface area (Å²) in [6.07, 6.45) is 4.36. The monoisotopic (exact) mass is 291 g/mol. The maximum Gasteiger partial charge on any atom is 0.293 e. The van der Waals surface area contributed by atoms with Gasteiger partial charge in [-0.05, 0) is 37.2 Å². The number of hydroxylamine groups is 2. The van der Waals surface area contributed by atoms with Crippen LogP contribution in [0.2, 0.25) is 0 Å². The van der Waals surface area contributed by atoms with Gasteiger partial charge in [0.15, 0.2) is 0 Å². The van der Waals surface area contributed by atoms with Gasteiger partial charge in [-0.2, -0.15) is 0 Å². The maximum atomic E-state index is 11.1. The Hall–Kier alpha value is -1.88. The first-order valence-electron chi connectivity index (χ1n) is 7.29. The van der Waals surface area contributed by atoms with Crippen LogP contribution in [0.5, 0.6) is 0 Å². The van der Waals surface area contributed by atoms with Crippen molar-refractivity contribution in [3.8, 4) is 0 Å². The third-order valence-corrected chi connectivity index (χ3v) is 3.84. The van der Waals surface area contributed by atoms with Crippen molar-refractivity contribution in [2.45, 2.75) is 38.4 Å². The van der Waals surface area contributed by atoms with Gasteiger partial charge in [0.25, 0.3) is 6.47 Å². The highest BCUT2D eigenvalue weighted by Gasteiger charge is 2.23. The quantitative estimate of drug-likeness (QED) is 0.545. The Labute approximate surface area is 124 Å². The lowest BCUT2D eigenvalue weighted by atomic mass is 9.87. The van der Waals surface area contributed by atoms with Crippen LogP contribution in [0.1, 0.15) is 31.2 Å². The van der Waals surface area contributed by atoms with E-state index in [4.69, 9.17) is 9.57 Å². The average Bonchev–Trinajstić information content (AvgIpc) is 2.54. The SMILES string of the molecule is O=COC1CCC(CN(C=O)OCc2ccccc2)CC1. The molecule has 0 bridgehead atoms. The molecule has 0 radical (unpaired) electrons. The third kappa shape index (κ3) is 5.19. The predicted molar refractivity (Wildman–Crippen MR) is 76.9 cm³/mol. The summed E-state index contributed by atoms with van der Waals surface area (Å²) in [4.78, 5) is 26.9. The number of ether oxygens (including phenoxy) is 1. The molecule has 1 aromatic carbocycles. The minimum absolute atomic E-state index is 0.0358. The van der Waals surface area contributed by atoms with E-state index in [2.05, 4.69) is 0 Å². The molecule has 5 heteroatoms. The molecule has 114 valence electrons. The van der Waals surface area contributed by atoms with Crippen molar-refractivity contribution in [3.05, 3.63) is 35.9 Å². The molecule has 1 fully saturated rings. The summed E-state index contributed by atoms with van der Waals surface area (Å²) in [6.45, 7) is 1.50. The van der Waals surface area contributed by atoms with Gasteiger partial charge < -0.3 is 4.74 Å². The first-order chi connectivity index (χ1) is 10.3. The number of hydrogen-bond acceptors (Lipinski definition) is 4. The predicted octanol–water partition coefficient (Wildman–Crippen LogP) is 2.31. The Balaban J connectivity index is 1.73. The van der Waals surface area contributed by atoms with Crippen LogP contribution in [0.4, 0.5) is 0 Å². The lowest BCUT2D eigenvalue weighted by Crippen LogP contribution is -2.32. The van der Waals surface area contributed by atoms with Crippen molar-refractivity contribution in [1.82, 2.24) is 5.06 Å². The van der Waals surface area contributed by atoms with Crippen molar-refractivity contribution in [3.63, 3.8) is 0 Å². The second kappa shape index (κ2) is 8.42. The Kier molecular flexibility index (Phi) is 6.22. The van der Waals surface area contributed by atoms with E-state index in [1.807, 2.05) is 30.3 Å². The summed E-state index contributed by atoms with van der Waals surface area (Å²) in [5.74, 6) is 0.400. The van der Waals surface area contributed by atoms with E-state index in [0.717, 1.165) is 37.7 Å². The van der Waals surface area contributed by atoms with Crippen molar-refractivity contribution >= 4 is 12.9 Å². The second-order valence-electron chi connectivity index (χ2n) is 5.34. The van der Waals surface area contributed by atoms with Crippen molar-refractivity contribution in [1.29, 1.82) is 0 Å². The van der Waals surface area contributed by atoms with Crippen molar-refractivity contribution in [2.24, 2.45) is 5.92 Å². The second-order valence-corrected chi connectivity index (χ2v) is 5.34. The zero-order valence-corrected chi connectivity index (χ0v) is 12.0. The fourth-order valence-corrected chi connectivity index (χ4v) is 2.64. The number of hydrogen-bond donors (Lipinski definition) is 0.